The van der Waals surface area contributed by atoms with Gasteiger partial charge in [0.05, 0.1) is 13.7 Å². The van der Waals surface area contributed by atoms with E-state index in [-0.39, 0.29) is 0 Å². The summed E-state index contributed by atoms with van der Waals surface area (Å²) in [5.74, 6) is 1.72. The first-order chi connectivity index (χ1) is 11.1. The van der Waals surface area contributed by atoms with E-state index in [1.165, 1.54) is 0 Å². The van der Waals surface area contributed by atoms with Crippen LogP contribution in [0.2, 0.25) is 0 Å². The van der Waals surface area contributed by atoms with Crippen LogP contribution in [0.25, 0.3) is 0 Å². The SMILES string of the molecule is CCNC(=NCc1ccccc1OC)NCCN(CC)C(C)C. The lowest BCUT2D eigenvalue weighted by Gasteiger charge is -2.25. The molecular weight excluding hydrogens is 288 g/mol. The Balaban J connectivity index is 2.59. The van der Waals surface area contributed by atoms with Crippen molar-refractivity contribution >= 4 is 5.96 Å². The largest absolute Gasteiger partial charge is 0.496 e. The molecule has 0 amide bonds. The molecule has 0 unspecified atom stereocenters. The van der Waals surface area contributed by atoms with Crippen LogP contribution in [0.15, 0.2) is 29.3 Å². The molecule has 0 aliphatic carbocycles. The molecule has 0 atom stereocenters. The molecule has 0 heterocycles. The third-order valence-electron chi connectivity index (χ3n) is 3.77. The molecule has 0 saturated heterocycles. The summed E-state index contributed by atoms with van der Waals surface area (Å²) in [5, 5.41) is 6.70. The predicted molar refractivity (Wildman–Crippen MR) is 98.2 cm³/mol. The van der Waals surface area contributed by atoms with Crippen molar-refractivity contribution in [3.05, 3.63) is 29.8 Å². The van der Waals surface area contributed by atoms with Gasteiger partial charge in [0, 0.05) is 31.2 Å². The number of hydrogen-bond acceptors (Lipinski definition) is 3. The zero-order chi connectivity index (χ0) is 17.1. The molecule has 0 saturated carbocycles. The summed E-state index contributed by atoms with van der Waals surface area (Å²) in [4.78, 5) is 7.08. The zero-order valence-corrected chi connectivity index (χ0v) is 15.2. The Morgan fingerprint density at radius 3 is 2.57 bits per heavy atom. The Labute approximate surface area is 141 Å². The maximum atomic E-state index is 5.37. The number of hydrogen-bond donors (Lipinski definition) is 2. The minimum atomic E-state index is 0.565. The van der Waals surface area contributed by atoms with Gasteiger partial charge in [0.15, 0.2) is 5.96 Å². The standard InChI is InChI=1S/C18H32N4O/c1-6-19-18(20-12-13-22(7-2)15(3)4)21-14-16-10-8-9-11-17(16)23-5/h8-11,15H,6-7,12-14H2,1-5H3,(H2,19,20,21). The summed E-state index contributed by atoms with van der Waals surface area (Å²) in [5.41, 5.74) is 1.09. The number of aliphatic imine (C=N–C) groups is 1. The van der Waals surface area contributed by atoms with Crippen LogP contribution >= 0.6 is 0 Å². The smallest absolute Gasteiger partial charge is 0.191 e. The van der Waals surface area contributed by atoms with Gasteiger partial charge in [0.25, 0.3) is 0 Å². The van der Waals surface area contributed by atoms with Crippen LogP contribution < -0.4 is 15.4 Å². The zero-order valence-electron chi connectivity index (χ0n) is 15.2. The van der Waals surface area contributed by atoms with E-state index in [1.807, 2.05) is 24.3 Å². The fourth-order valence-corrected chi connectivity index (χ4v) is 2.44. The molecule has 0 spiro atoms. The second-order valence-electron chi connectivity index (χ2n) is 5.66. The van der Waals surface area contributed by atoms with E-state index in [4.69, 9.17) is 4.74 Å². The molecule has 0 bridgehead atoms. The molecule has 0 fully saturated rings. The van der Waals surface area contributed by atoms with Crippen molar-refractivity contribution in [3.8, 4) is 5.75 Å². The molecule has 1 aromatic carbocycles. The van der Waals surface area contributed by atoms with Gasteiger partial charge < -0.3 is 15.4 Å². The van der Waals surface area contributed by atoms with E-state index >= 15 is 0 Å². The molecule has 0 aliphatic heterocycles. The maximum Gasteiger partial charge on any atom is 0.191 e. The van der Waals surface area contributed by atoms with E-state index in [0.29, 0.717) is 12.6 Å². The van der Waals surface area contributed by atoms with Gasteiger partial charge in [-0.3, -0.25) is 4.90 Å². The molecule has 0 radical (unpaired) electrons. The van der Waals surface area contributed by atoms with Crippen LogP contribution in [0.5, 0.6) is 5.75 Å². The Bertz CT molecular complexity index is 474. The summed E-state index contributed by atoms with van der Waals surface area (Å²) in [6.07, 6.45) is 0. The highest BCUT2D eigenvalue weighted by Crippen LogP contribution is 2.17. The predicted octanol–water partition coefficient (Wildman–Crippen LogP) is 2.48. The fraction of sp³-hybridized carbons (Fsp3) is 0.611. The van der Waals surface area contributed by atoms with Gasteiger partial charge >= 0.3 is 0 Å². The molecule has 1 rings (SSSR count). The highest BCUT2D eigenvalue weighted by Gasteiger charge is 2.07. The van der Waals surface area contributed by atoms with Gasteiger partial charge in [-0.05, 0) is 33.4 Å². The van der Waals surface area contributed by atoms with E-state index in [2.05, 4.69) is 48.2 Å². The average Bonchev–Trinajstić information content (AvgIpc) is 2.56. The van der Waals surface area contributed by atoms with Crippen LogP contribution in [0, 0.1) is 0 Å². The highest BCUT2D eigenvalue weighted by molar-refractivity contribution is 5.79. The number of benzene rings is 1. The number of likely N-dealkylation sites (N-methyl/N-ethyl adjacent to an activating group) is 1. The molecule has 23 heavy (non-hydrogen) atoms. The van der Waals surface area contributed by atoms with Gasteiger partial charge in [0.2, 0.25) is 0 Å². The maximum absolute atomic E-state index is 5.37. The summed E-state index contributed by atoms with van der Waals surface area (Å²) in [6, 6.07) is 8.56. The molecule has 5 nitrogen and oxygen atoms in total. The molecule has 2 N–H and O–H groups in total. The summed E-state index contributed by atoms with van der Waals surface area (Å²) < 4.78 is 5.37. The van der Waals surface area contributed by atoms with Gasteiger partial charge in [-0.15, -0.1) is 0 Å². The van der Waals surface area contributed by atoms with Crippen molar-refractivity contribution in [2.45, 2.75) is 40.3 Å². The van der Waals surface area contributed by atoms with Crippen molar-refractivity contribution in [2.24, 2.45) is 4.99 Å². The number of ether oxygens (including phenoxy) is 1. The lowest BCUT2D eigenvalue weighted by Crippen LogP contribution is -2.43. The highest BCUT2D eigenvalue weighted by atomic mass is 16.5. The molecule has 130 valence electrons. The first kappa shape index (κ1) is 19.3. The molecule has 5 heteroatoms. The van der Waals surface area contributed by atoms with Crippen molar-refractivity contribution in [1.82, 2.24) is 15.5 Å². The Morgan fingerprint density at radius 1 is 1.22 bits per heavy atom. The lowest BCUT2D eigenvalue weighted by atomic mass is 10.2. The summed E-state index contributed by atoms with van der Waals surface area (Å²) >= 11 is 0. The normalized spacial score (nSPS) is 11.9. The second-order valence-corrected chi connectivity index (χ2v) is 5.66. The van der Waals surface area contributed by atoms with Gasteiger partial charge in [0.1, 0.15) is 5.75 Å². The fourth-order valence-electron chi connectivity index (χ4n) is 2.44. The van der Waals surface area contributed by atoms with Crippen LogP contribution in [0.1, 0.15) is 33.3 Å². The van der Waals surface area contributed by atoms with Gasteiger partial charge in [-0.25, -0.2) is 4.99 Å². The summed E-state index contributed by atoms with van der Waals surface area (Å²) in [6.45, 7) is 13.1. The molecular formula is C18H32N4O. The van der Waals surface area contributed by atoms with Crippen molar-refractivity contribution in [3.63, 3.8) is 0 Å². The summed E-state index contributed by atoms with van der Waals surface area (Å²) in [7, 11) is 1.69. The number of nitrogens with zero attached hydrogens (tertiary/aromatic N) is 2. The third kappa shape index (κ3) is 6.91. The first-order valence-corrected chi connectivity index (χ1v) is 8.50. The van der Waals surface area contributed by atoms with Crippen LogP contribution in [-0.4, -0.2) is 50.2 Å². The van der Waals surface area contributed by atoms with E-state index in [9.17, 15) is 0 Å². The Hall–Kier alpha value is -1.75. The third-order valence-corrected chi connectivity index (χ3v) is 3.77. The van der Waals surface area contributed by atoms with Crippen LogP contribution in [0.4, 0.5) is 0 Å². The topological polar surface area (TPSA) is 48.9 Å². The number of rotatable bonds is 9. The van der Waals surface area contributed by atoms with Crippen LogP contribution in [0.3, 0.4) is 0 Å². The van der Waals surface area contributed by atoms with Gasteiger partial charge in [-0.1, -0.05) is 25.1 Å². The van der Waals surface area contributed by atoms with Gasteiger partial charge in [-0.2, -0.15) is 0 Å². The lowest BCUT2D eigenvalue weighted by molar-refractivity contribution is 0.237. The van der Waals surface area contributed by atoms with Crippen molar-refractivity contribution in [2.75, 3.05) is 33.3 Å². The van der Waals surface area contributed by atoms with Crippen molar-refractivity contribution < 1.29 is 4.74 Å². The number of methoxy groups -OCH3 is 1. The second kappa shape index (κ2) is 10.9. The number of guanidine groups is 1. The number of nitrogens with one attached hydrogen (secondary N) is 2. The van der Waals surface area contributed by atoms with E-state index < -0.39 is 0 Å². The van der Waals surface area contributed by atoms with E-state index in [0.717, 1.165) is 43.5 Å². The Kier molecular flexibility index (Phi) is 9.14. The molecule has 0 aliphatic rings. The molecule has 1 aromatic rings. The van der Waals surface area contributed by atoms with E-state index in [1.54, 1.807) is 7.11 Å². The minimum absolute atomic E-state index is 0.565. The average molecular weight is 320 g/mol. The minimum Gasteiger partial charge on any atom is -0.496 e. The Morgan fingerprint density at radius 2 is 1.96 bits per heavy atom. The first-order valence-electron chi connectivity index (χ1n) is 8.50. The monoisotopic (exact) mass is 320 g/mol. The quantitative estimate of drug-likeness (QED) is 0.542. The molecule has 0 aromatic heterocycles. The van der Waals surface area contributed by atoms with Crippen LogP contribution in [-0.2, 0) is 6.54 Å². The number of para-hydroxylation sites is 1. The van der Waals surface area contributed by atoms with Crippen molar-refractivity contribution in [1.29, 1.82) is 0 Å².